The third-order valence-electron chi connectivity index (χ3n) is 1.43. The van der Waals surface area contributed by atoms with Gasteiger partial charge in [-0.15, -0.1) is 0 Å². The molecule has 4 heteroatoms. The van der Waals surface area contributed by atoms with Gasteiger partial charge in [-0.25, -0.2) is 0 Å². The van der Waals surface area contributed by atoms with Crippen LogP contribution in [0.15, 0.2) is 0 Å². The summed E-state index contributed by atoms with van der Waals surface area (Å²) in [4.78, 5) is 0. The predicted octanol–water partition coefficient (Wildman–Crippen LogP) is -0.219. The predicted molar refractivity (Wildman–Crippen MR) is 45.0 cm³/mol. The van der Waals surface area contributed by atoms with E-state index in [1.807, 2.05) is 13.8 Å². The van der Waals surface area contributed by atoms with Crippen molar-refractivity contribution in [2.45, 2.75) is 26.1 Å². The average molecular weight is 178 g/mol. The molecule has 0 bridgehead atoms. The van der Waals surface area contributed by atoms with Gasteiger partial charge >= 0.3 is 0 Å². The van der Waals surface area contributed by atoms with Crippen LogP contribution in [0.25, 0.3) is 0 Å². The van der Waals surface area contributed by atoms with Crippen molar-refractivity contribution in [3.8, 4) is 0 Å². The van der Waals surface area contributed by atoms with Gasteiger partial charge in [0.25, 0.3) is 0 Å². The summed E-state index contributed by atoms with van der Waals surface area (Å²) in [7, 11) is 0. The smallest absolute Gasteiger partial charge is 0.105 e. The molecule has 0 saturated heterocycles. The maximum absolute atomic E-state index is 9.22. The van der Waals surface area contributed by atoms with E-state index < -0.39 is 12.2 Å². The van der Waals surface area contributed by atoms with E-state index in [0.717, 1.165) is 0 Å². The molecule has 0 spiro atoms. The molecule has 0 amide bonds. The molecule has 0 aliphatic rings. The van der Waals surface area contributed by atoms with Gasteiger partial charge in [0.1, 0.15) is 12.2 Å². The van der Waals surface area contributed by atoms with Crippen molar-refractivity contribution in [3.05, 3.63) is 0 Å². The van der Waals surface area contributed by atoms with Crippen LogP contribution in [0.5, 0.6) is 0 Å². The number of hydrogen-bond donors (Lipinski definition) is 2. The summed E-state index contributed by atoms with van der Waals surface area (Å²) < 4.78 is 9.86. The Labute approximate surface area is 73.1 Å². The fraction of sp³-hybridized carbons (Fsp3) is 1.00. The van der Waals surface area contributed by atoms with E-state index in [1.54, 1.807) is 0 Å². The van der Waals surface area contributed by atoms with Gasteiger partial charge in [0.15, 0.2) is 0 Å². The van der Waals surface area contributed by atoms with Gasteiger partial charge < -0.3 is 19.7 Å². The Bertz CT molecular complexity index is 85.1. The van der Waals surface area contributed by atoms with Crippen molar-refractivity contribution in [1.29, 1.82) is 0 Å². The van der Waals surface area contributed by atoms with E-state index in [4.69, 9.17) is 9.47 Å². The monoisotopic (exact) mass is 178 g/mol. The Morgan fingerprint density at radius 2 is 1.25 bits per heavy atom. The molecule has 0 aromatic carbocycles. The summed E-state index contributed by atoms with van der Waals surface area (Å²) >= 11 is 0. The molecule has 0 saturated carbocycles. The molecule has 74 valence electrons. The largest absolute Gasteiger partial charge is 0.388 e. The summed E-state index contributed by atoms with van der Waals surface area (Å²) in [5.74, 6) is 0. The second-order valence-corrected chi connectivity index (χ2v) is 2.45. The van der Waals surface area contributed by atoms with Crippen LogP contribution in [-0.2, 0) is 9.47 Å². The number of aliphatic hydroxyl groups is 2. The molecular formula is C8H18O4. The second kappa shape index (κ2) is 7.49. The zero-order chi connectivity index (χ0) is 9.40. The first-order valence-electron chi connectivity index (χ1n) is 4.24. The highest BCUT2D eigenvalue weighted by Crippen LogP contribution is 1.95. The first-order valence-corrected chi connectivity index (χ1v) is 4.24. The lowest BCUT2D eigenvalue weighted by atomic mass is 10.2. The van der Waals surface area contributed by atoms with Crippen molar-refractivity contribution < 1.29 is 19.7 Å². The van der Waals surface area contributed by atoms with Gasteiger partial charge in [0.2, 0.25) is 0 Å². The second-order valence-electron chi connectivity index (χ2n) is 2.45. The third kappa shape index (κ3) is 5.49. The van der Waals surface area contributed by atoms with Crippen LogP contribution >= 0.6 is 0 Å². The summed E-state index contributed by atoms with van der Waals surface area (Å²) in [5, 5.41) is 18.4. The number of hydrogen-bond acceptors (Lipinski definition) is 4. The lowest BCUT2D eigenvalue weighted by Crippen LogP contribution is -2.34. The van der Waals surface area contributed by atoms with E-state index in [2.05, 4.69) is 0 Å². The minimum absolute atomic E-state index is 0.157. The van der Waals surface area contributed by atoms with Crippen molar-refractivity contribution >= 4 is 0 Å². The topological polar surface area (TPSA) is 58.9 Å². The molecule has 2 atom stereocenters. The Morgan fingerprint density at radius 1 is 0.917 bits per heavy atom. The molecule has 4 nitrogen and oxygen atoms in total. The summed E-state index contributed by atoms with van der Waals surface area (Å²) in [6.07, 6.45) is -1.70. The third-order valence-corrected chi connectivity index (χ3v) is 1.43. The van der Waals surface area contributed by atoms with E-state index in [1.165, 1.54) is 0 Å². The SMILES string of the molecule is CCOCC(O)C(O)COCC. The highest BCUT2D eigenvalue weighted by Gasteiger charge is 2.15. The minimum Gasteiger partial charge on any atom is -0.388 e. The standard InChI is InChI=1S/C8H18O4/c1-3-11-5-7(9)8(10)6-12-4-2/h7-10H,3-6H2,1-2H3. The molecule has 0 aromatic heterocycles. The molecule has 0 aromatic rings. The van der Waals surface area contributed by atoms with Gasteiger partial charge in [-0.3, -0.25) is 0 Å². The summed E-state index contributed by atoms with van der Waals surface area (Å²) in [6, 6.07) is 0. The number of ether oxygens (including phenoxy) is 2. The molecule has 0 radical (unpaired) electrons. The van der Waals surface area contributed by atoms with Crippen molar-refractivity contribution in [1.82, 2.24) is 0 Å². The molecule has 2 N–H and O–H groups in total. The van der Waals surface area contributed by atoms with Gasteiger partial charge in [-0.1, -0.05) is 0 Å². The van der Waals surface area contributed by atoms with E-state index >= 15 is 0 Å². The van der Waals surface area contributed by atoms with E-state index in [9.17, 15) is 10.2 Å². The molecule has 2 unspecified atom stereocenters. The first-order chi connectivity index (χ1) is 5.72. The normalized spacial score (nSPS) is 16.0. The van der Waals surface area contributed by atoms with Crippen LogP contribution in [0.4, 0.5) is 0 Å². The fourth-order valence-corrected chi connectivity index (χ4v) is 0.699. The highest BCUT2D eigenvalue weighted by atomic mass is 16.5. The van der Waals surface area contributed by atoms with Gasteiger partial charge in [0.05, 0.1) is 13.2 Å². The van der Waals surface area contributed by atoms with Gasteiger partial charge in [-0.2, -0.15) is 0 Å². The Balaban J connectivity index is 3.39. The fourth-order valence-electron chi connectivity index (χ4n) is 0.699. The van der Waals surface area contributed by atoms with Crippen LogP contribution in [0, 0.1) is 0 Å². The Morgan fingerprint density at radius 3 is 1.50 bits per heavy atom. The first kappa shape index (κ1) is 11.8. The Hall–Kier alpha value is -0.160. The zero-order valence-corrected chi connectivity index (χ0v) is 7.69. The number of aliphatic hydroxyl groups excluding tert-OH is 2. The van der Waals surface area contributed by atoms with Crippen LogP contribution in [-0.4, -0.2) is 48.8 Å². The molecule has 0 aliphatic carbocycles. The molecule has 0 rings (SSSR count). The minimum atomic E-state index is -0.850. The summed E-state index contributed by atoms with van der Waals surface area (Å²) in [5.41, 5.74) is 0. The molecule has 0 fully saturated rings. The molecule has 12 heavy (non-hydrogen) atoms. The Kier molecular flexibility index (Phi) is 7.39. The lowest BCUT2D eigenvalue weighted by molar-refractivity contribution is -0.0675. The molecule has 0 heterocycles. The van der Waals surface area contributed by atoms with Crippen LogP contribution in [0.2, 0.25) is 0 Å². The zero-order valence-electron chi connectivity index (χ0n) is 7.69. The average Bonchev–Trinajstić information content (AvgIpc) is 2.10. The lowest BCUT2D eigenvalue weighted by Gasteiger charge is -2.16. The van der Waals surface area contributed by atoms with Crippen LogP contribution in [0.1, 0.15) is 13.8 Å². The van der Waals surface area contributed by atoms with Crippen molar-refractivity contribution in [2.75, 3.05) is 26.4 Å². The van der Waals surface area contributed by atoms with E-state index in [0.29, 0.717) is 13.2 Å². The maximum atomic E-state index is 9.22. The summed E-state index contributed by atoms with van der Waals surface area (Å²) in [6.45, 7) is 5.07. The van der Waals surface area contributed by atoms with Crippen LogP contribution in [0.3, 0.4) is 0 Å². The quantitative estimate of drug-likeness (QED) is 0.566. The van der Waals surface area contributed by atoms with Crippen LogP contribution < -0.4 is 0 Å². The maximum Gasteiger partial charge on any atom is 0.105 e. The van der Waals surface area contributed by atoms with E-state index in [-0.39, 0.29) is 13.2 Å². The molecule has 0 aliphatic heterocycles. The highest BCUT2D eigenvalue weighted by molar-refractivity contribution is 4.65. The van der Waals surface area contributed by atoms with Crippen molar-refractivity contribution in [2.24, 2.45) is 0 Å². The molecular weight excluding hydrogens is 160 g/mol. The van der Waals surface area contributed by atoms with Gasteiger partial charge in [0, 0.05) is 13.2 Å². The van der Waals surface area contributed by atoms with Gasteiger partial charge in [-0.05, 0) is 13.8 Å². The number of rotatable bonds is 7. The van der Waals surface area contributed by atoms with Crippen molar-refractivity contribution in [3.63, 3.8) is 0 Å².